The van der Waals surface area contributed by atoms with Crippen molar-refractivity contribution < 1.29 is 4.74 Å². The molecule has 0 amide bonds. The van der Waals surface area contributed by atoms with E-state index in [1.807, 2.05) is 17.8 Å². The lowest BCUT2D eigenvalue weighted by Crippen LogP contribution is -2.22. The molecule has 1 aromatic heterocycles. The van der Waals surface area contributed by atoms with Gasteiger partial charge in [-0.3, -0.25) is 0 Å². The highest BCUT2D eigenvalue weighted by atomic mass is 79.9. The molecule has 1 N–H and O–H groups in total. The first kappa shape index (κ1) is 16.0. The highest BCUT2D eigenvalue weighted by Gasteiger charge is 2.11. The van der Waals surface area contributed by atoms with Crippen LogP contribution in [0, 0.1) is 6.92 Å². The zero-order chi connectivity index (χ0) is 15.4. The molecule has 0 radical (unpaired) electrons. The number of nitrogens with zero attached hydrogens (tertiary/aromatic N) is 2. The average Bonchev–Trinajstić information content (AvgIpc) is 2.80. The van der Waals surface area contributed by atoms with E-state index in [1.165, 1.54) is 0 Å². The number of hydrogen-bond donors (Lipinski definition) is 1. The third kappa shape index (κ3) is 4.32. The second kappa shape index (κ2) is 7.09. The maximum Gasteiger partial charge on any atom is 0.130 e. The van der Waals surface area contributed by atoms with Gasteiger partial charge < -0.3 is 14.6 Å². The van der Waals surface area contributed by atoms with E-state index in [0.717, 1.165) is 33.6 Å². The van der Waals surface area contributed by atoms with Crippen LogP contribution in [-0.4, -0.2) is 15.6 Å². The Hall–Kier alpha value is -1.33. The highest BCUT2D eigenvalue weighted by molar-refractivity contribution is 9.10. The lowest BCUT2D eigenvalue weighted by atomic mass is 10.1. The quantitative estimate of drug-likeness (QED) is 0.864. The van der Waals surface area contributed by atoms with Gasteiger partial charge in [0, 0.05) is 29.7 Å². The number of imidazole rings is 1. The van der Waals surface area contributed by atoms with E-state index < -0.39 is 0 Å². The largest absolute Gasteiger partial charge is 0.487 e. The molecule has 0 atom stereocenters. The third-order valence-corrected chi connectivity index (χ3v) is 3.76. The zero-order valence-electron chi connectivity index (χ0n) is 13.0. The van der Waals surface area contributed by atoms with Gasteiger partial charge in [0.25, 0.3) is 0 Å². The van der Waals surface area contributed by atoms with E-state index in [9.17, 15) is 0 Å². The first-order valence-electron chi connectivity index (χ1n) is 7.07. The van der Waals surface area contributed by atoms with Gasteiger partial charge in [-0.05, 0) is 24.6 Å². The highest BCUT2D eigenvalue weighted by Crippen LogP contribution is 2.29. The summed E-state index contributed by atoms with van der Waals surface area (Å²) in [6.07, 6.45) is 3.62. The topological polar surface area (TPSA) is 39.1 Å². The van der Waals surface area contributed by atoms with Crippen LogP contribution in [0.2, 0.25) is 0 Å². The molecular weight excluding hydrogens is 330 g/mol. The normalized spacial score (nSPS) is 11.1. The minimum atomic E-state index is 0.439. The Morgan fingerprint density at radius 3 is 2.76 bits per heavy atom. The van der Waals surface area contributed by atoms with Crippen molar-refractivity contribution in [2.75, 3.05) is 0 Å². The minimum absolute atomic E-state index is 0.439. The SMILES string of the molecule is Cc1cc(Br)cc(CNC(C)C)c1OCc1cncn1C. The first-order chi connectivity index (χ1) is 9.97. The zero-order valence-corrected chi connectivity index (χ0v) is 14.6. The molecule has 2 aromatic rings. The smallest absolute Gasteiger partial charge is 0.130 e. The molecule has 0 saturated carbocycles. The van der Waals surface area contributed by atoms with E-state index in [1.54, 1.807) is 6.33 Å². The molecule has 2 rings (SSSR count). The van der Waals surface area contributed by atoms with Crippen molar-refractivity contribution in [3.05, 3.63) is 46.0 Å². The molecule has 0 bridgehead atoms. The fourth-order valence-electron chi connectivity index (χ4n) is 2.12. The Bertz CT molecular complexity index is 608. The van der Waals surface area contributed by atoms with Crippen molar-refractivity contribution in [1.82, 2.24) is 14.9 Å². The van der Waals surface area contributed by atoms with E-state index >= 15 is 0 Å². The van der Waals surface area contributed by atoms with E-state index in [0.29, 0.717) is 12.6 Å². The molecule has 5 heteroatoms. The molecule has 4 nitrogen and oxygen atoms in total. The molecule has 0 aliphatic heterocycles. The minimum Gasteiger partial charge on any atom is -0.487 e. The number of halogens is 1. The van der Waals surface area contributed by atoms with Gasteiger partial charge >= 0.3 is 0 Å². The average molecular weight is 352 g/mol. The summed E-state index contributed by atoms with van der Waals surface area (Å²) in [6, 6.07) is 4.63. The van der Waals surface area contributed by atoms with Crippen molar-refractivity contribution in [2.24, 2.45) is 7.05 Å². The van der Waals surface area contributed by atoms with Crippen molar-refractivity contribution >= 4 is 15.9 Å². The molecule has 114 valence electrons. The van der Waals surface area contributed by atoms with Gasteiger partial charge in [0.05, 0.1) is 18.2 Å². The van der Waals surface area contributed by atoms with Crippen LogP contribution in [0.4, 0.5) is 0 Å². The van der Waals surface area contributed by atoms with Crippen molar-refractivity contribution in [3.8, 4) is 5.75 Å². The van der Waals surface area contributed by atoms with Gasteiger partial charge in [0.15, 0.2) is 0 Å². The Morgan fingerprint density at radius 1 is 1.38 bits per heavy atom. The second-order valence-corrected chi connectivity index (χ2v) is 6.45. The van der Waals surface area contributed by atoms with Gasteiger partial charge in [-0.15, -0.1) is 0 Å². The van der Waals surface area contributed by atoms with E-state index in [-0.39, 0.29) is 0 Å². The molecule has 0 aliphatic carbocycles. The number of nitrogens with one attached hydrogen (secondary N) is 1. The molecule has 21 heavy (non-hydrogen) atoms. The molecular formula is C16H22BrN3O. The lowest BCUT2D eigenvalue weighted by molar-refractivity contribution is 0.291. The Kier molecular flexibility index (Phi) is 5.42. The summed E-state index contributed by atoms with van der Waals surface area (Å²) in [7, 11) is 1.97. The van der Waals surface area contributed by atoms with E-state index in [2.05, 4.69) is 59.1 Å². The van der Waals surface area contributed by atoms with Crippen LogP contribution < -0.4 is 10.1 Å². The number of rotatable bonds is 6. The molecule has 1 heterocycles. The van der Waals surface area contributed by atoms with Gasteiger partial charge in [-0.2, -0.15) is 0 Å². The summed E-state index contributed by atoms with van der Waals surface area (Å²) in [5.41, 5.74) is 3.35. The number of hydrogen-bond acceptors (Lipinski definition) is 3. The van der Waals surface area contributed by atoms with Crippen LogP contribution in [0.15, 0.2) is 29.1 Å². The summed E-state index contributed by atoms with van der Waals surface area (Å²) >= 11 is 3.56. The summed E-state index contributed by atoms with van der Waals surface area (Å²) in [5.74, 6) is 0.951. The standard InChI is InChI=1S/C16H22BrN3O/c1-11(2)19-7-13-6-14(17)5-12(3)16(13)21-9-15-8-18-10-20(15)4/h5-6,8,10-11,19H,7,9H2,1-4H3. The Labute approximate surface area is 134 Å². The lowest BCUT2D eigenvalue weighted by Gasteiger charge is -2.17. The predicted molar refractivity (Wildman–Crippen MR) is 88.4 cm³/mol. The maximum absolute atomic E-state index is 6.06. The van der Waals surface area contributed by atoms with Gasteiger partial charge in [-0.1, -0.05) is 29.8 Å². The number of aryl methyl sites for hydroxylation is 2. The predicted octanol–water partition coefficient (Wildman–Crippen LogP) is 3.57. The number of benzene rings is 1. The molecule has 0 unspecified atom stereocenters. The fourth-order valence-corrected chi connectivity index (χ4v) is 2.74. The number of aromatic nitrogens is 2. The van der Waals surface area contributed by atoms with Crippen LogP contribution in [0.5, 0.6) is 5.75 Å². The van der Waals surface area contributed by atoms with Gasteiger partial charge in [0.1, 0.15) is 12.4 Å². The van der Waals surface area contributed by atoms with Crippen molar-refractivity contribution in [2.45, 2.75) is 40.0 Å². The van der Waals surface area contributed by atoms with Crippen LogP contribution in [0.25, 0.3) is 0 Å². The summed E-state index contributed by atoms with van der Waals surface area (Å²) < 4.78 is 9.11. The monoisotopic (exact) mass is 351 g/mol. The molecule has 1 aromatic carbocycles. The summed E-state index contributed by atoms with van der Waals surface area (Å²) in [6.45, 7) is 7.66. The van der Waals surface area contributed by atoms with Crippen LogP contribution in [0.3, 0.4) is 0 Å². The maximum atomic E-state index is 6.06. The molecule has 0 saturated heterocycles. The first-order valence-corrected chi connectivity index (χ1v) is 7.87. The summed E-state index contributed by atoms with van der Waals surface area (Å²) in [4.78, 5) is 4.12. The number of ether oxygens (including phenoxy) is 1. The van der Waals surface area contributed by atoms with Gasteiger partial charge in [-0.25, -0.2) is 4.98 Å². The van der Waals surface area contributed by atoms with Gasteiger partial charge in [0.2, 0.25) is 0 Å². The molecule has 0 spiro atoms. The van der Waals surface area contributed by atoms with E-state index in [4.69, 9.17) is 4.74 Å². The van der Waals surface area contributed by atoms with Crippen LogP contribution in [0.1, 0.15) is 30.7 Å². The Morgan fingerprint density at radius 2 is 2.14 bits per heavy atom. The van der Waals surface area contributed by atoms with Crippen LogP contribution in [-0.2, 0) is 20.2 Å². The third-order valence-electron chi connectivity index (χ3n) is 3.30. The fraction of sp³-hybridized carbons (Fsp3) is 0.438. The molecule has 0 aliphatic rings. The molecule has 0 fully saturated rings. The Balaban J connectivity index is 2.18. The summed E-state index contributed by atoms with van der Waals surface area (Å²) in [5, 5.41) is 3.44. The van der Waals surface area contributed by atoms with Crippen molar-refractivity contribution in [1.29, 1.82) is 0 Å². The van der Waals surface area contributed by atoms with Crippen molar-refractivity contribution in [3.63, 3.8) is 0 Å². The second-order valence-electron chi connectivity index (χ2n) is 5.53. The van der Waals surface area contributed by atoms with Crippen LogP contribution >= 0.6 is 15.9 Å².